The minimum Gasteiger partial charge on any atom is -0.444 e. The van der Waals surface area contributed by atoms with Crippen LogP contribution in [0.25, 0.3) is 0 Å². The van der Waals surface area contributed by atoms with E-state index < -0.39 is 5.60 Å². The Morgan fingerprint density at radius 3 is 2.66 bits per heavy atom. The topological polar surface area (TPSA) is 98.5 Å². The normalized spacial score (nSPS) is 22.5. The number of hydrogen-bond acceptors (Lipinski definition) is 8. The molecule has 0 radical (unpaired) electrons. The molecule has 0 unspecified atom stereocenters. The molecule has 1 amide bonds. The van der Waals surface area contributed by atoms with Crippen LogP contribution >= 0.6 is 0 Å². The highest BCUT2D eigenvalue weighted by atomic mass is 16.6. The highest BCUT2D eigenvalue weighted by molar-refractivity contribution is 5.75. The number of likely N-dealkylation sites (N-methyl/N-ethyl adjacent to an activating group) is 1. The standard InChI is InChI=1S/C26H33N7O2/c1-17-19(31(5)24(34)35-25(2,3)4)8-12-32(17)22-21-23(30-16-29-22)33(15-26(21)9-6-10-26)20-13-18(14-27)7-11-28-20/h7,11,13,16-17,19H,6,8-10,12,15H2,1-5H3/t17-,19+/m1/s1. The van der Waals surface area contributed by atoms with Crippen molar-refractivity contribution in [3.63, 3.8) is 0 Å². The van der Waals surface area contributed by atoms with Crippen molar-refractivity contribution >= 4 is 23.5 Å². The Bertz CT molecular complexity index is 1180. The number of amides is 1. The molecule has 1 aliphatic carbocycles. The number of nitrogens with zero attached hydrogens (tertiary/aromatic N) is 7. The molecule has 1 saturated carbocycles. The van der Waals surface area contributed by atoms with Crippen LogP contribution in [0.15, 0.2) is 24.7 Å². The summed E-state index contributed by atoms with van der Waals surface area (Å²) in [6.07, 6.45) is 7.20. The van der Waals surface area contributed by atoms with E-state index in [1.165, 1.54) is 12.0 Å². The van der Waals surface area contributed by atoms with Crippen molar-refractivity contribution in [2.24, 2.45) is 0 Å². The van der Waals surface area contributed by atoms with Crippen molar-refractivity contribution in [3.05, 3.63) is 35.8 Å². The van der Waals surface area contributed by atoms with Gasteiger partial charge in [0.1, 0.15) is 29.4 Å². The Labute approximate surface area is 206 Å². The van der Waals surface area contributed by atoms with Crippen LogP contribution in [0, 0.1) is 11.3 Å². The lowest BCUT2D eigenvalue weighted by Crippen LogP contribution is -2.47. The Morgan fingerprint density at radius 1 is 1.26 bits per heavy atom. The molecule has 35 heavy (non-hydrogen) atoms. The second-order valence-electron chi connectivity index (χ2n) is 11.0. The molecule has 184 valence electrons. The number of ether oxygens (including phenoxy) is 1. The zero-order valence-electron chi connectivity index (χ0n) is 21.2. The van der Waals surface area contributed by atoms with Gasteiger partial charge in [-0.15, -0.1) is 0 Å². The summed E-state index contributed by atoms with van der Waals surface area (Å²) in [6, 6.07) is 5.87. The molecule has 0 N–H and O–H groups in total. The number of anilines is 3. The van der Waals surface area contributed by atoms with Crippen LogP contribution in [-0.4, -0.2) is 63.8 Å². The van der Waals surface area contributed by atoms with Crippen molar-refractivity contribution in [1.29, 1.82) is 5.26 Å². The Kier molecular flexibility index (Phi) is 5.58. The summed E-state index contributed by atoms with van der Waals surface area (Å²) in [5, 5.41) is 9.38. The molecule has 4 heterocycles. The molecule has 1 spiro atoms. The Balaban J connectivity index is 1.47. The van der Waals surface area contributed by atoms with Gasteiger partial charge in [-0.3, -0.25) is 0 Å². The van der Waals surface area contributed by atoms with Crippen molar-refractivity contribution in [2.45, 2.75) is 76.5 Å². The fourth-order valence-corrected chi connectivity index (χ4v) is 5.77. The smallest absolute Gasteiger partial charge is 0.410 e. The van der Waals surface area contributed by atoms with Crippen LogP contribution in [-0.2, 0) is 10.2 Å². The molecule has 0 aromatic carbocycles. The third kappa shape index (κ3) is 3.95. The van der Waals surface area contributed by atoms with Gasteiger partial charge < -0.3 is 19.4 Å². The van der Waals surface area contributed by atoms with Crippen LogP contribution in [0.4, 0.5) is 22.2 Å². The molecule has 2 aliphatic heterocycles. The molecule has 1 saturated heterocycles. The van der Waals surface area contributed by atoms with Gasteiger partial charge in [-0.25, -0.2) is 19.7 Å². The van der Waals surface area contributed by atoms with E-state index in [0.717, 1.165) is 49.8 Å². The largest absolute Gasteiger partial charge is 0.444 e. The zero-order chi connectivity index (χ0) is 25.0. The van der Waals surface area contributed by atoms with Crippen molar-refractivity contribution in [1.82, 2.24) is 19.9 Å². The predicted octanol–water partition coefficient (Wildman–Crippen LogP) is 4.15. The average Bonchev–Trinajstić information content (AvgIpc) is 3.36. The van der Waals surface area contributed by atoms with Crippen molar-refractivity contribution < 1.29 is 9.53 Å². The molecule has 2 atom stereocenters. The number of rotatable bonds is 3. The van der Waals surface area contributed by atoms with E-state index in [4.69, 9.17) is 14.7 Å². The van der Waals surface area contributed by atoms with Gasteiger partial charge in [0.15, 0.2) is 0 Å². The quantitative estimate of drug-likeness (QED) is 0.653. The SMILES string of the molecule is C[C@@H]1[C@@H](N(C)C(=O)OC(C)(C)C)CCN1c1ncnc2c1C1(CCC1)CN2c1cc(C#N)ccn1. The highest BCUT2D eigenvalue weighted by Crippen LogP contribution is 2.56. The van der Waals surface area contributed by atoms with Gasteiger partial charge in [0.25, 0.3) is 0 Å². The molecule has 3 aliphatic rings. The van der Waals surface area contributed by atoms with Crippen LogP contribution in [0.1, 0.15) is 64.5 Å². The number of carbonyl (C=O) groups is 1. The Hall–Kier alpha value is -3.41. The van der Waals surface area contributed by atoms with E-state index in [9.17, 15) is 10.1 Å². The number of pyridine rings is 1. The predicted molar refractivity (Wildman–Crippen MR) is 133 cm³/mol. The molecule has 9 nitrogen and oxygen atoms in total. The van der Waals surface area contributed by atoms with E-state index in [2.05, 4.69) is 27.8 Å². The second kappa shape index (κ2) is 8.36. The van der Waals surface area contributed by atoms with Gasteiger partial charge in [0.2, 0.25) is 0 Å². The monoisotopic (exact) mass is 475 g/mol. The molecule has 2 fully saturated rings. The van der Waals surface area contributed by atoms with Crippen LogP contribution < -0.4 is 9.80 Å². The maximum Gasteiger partial charge on any atom is 0.410 e. The second-order valence-corrected chi connectivity index (χ2v) is 11.0. The summed E-state index contributed by atoms with van der Waals surface area (Å²) in [4.78, 5) is 33.0. The summed E-state index contributed by atoms with van der Waals surface area (Å²) >= 11 is 0. The molecule has 2 aromatic heterocycles. The van der Waals surface area contributed by atoms with Gasteiger partial charge in [0, 0.05) is 43.4 Å². The fraction of sp³-hybridized carbons (Fsp3) is 0.577. The van der Waals surface area contributed by atoms with E-state index in [-0.39, 0.29) is 23.6 Å². The summed E-state index contributed by atoms with van der Waals surface area (Å²) < 4.78 is 5.62. The molecule has 5 rings (SSSR count). The van der Waals surface area contributed by atoms with Crippen molar-refractivity contribution in [3.8, 4) is 6.07 Å². The number of aromatic nitrogens is 3. The first-order chi connectivity index (χ1) is 16.6. The van der Waals surface area contributed by atoms with Gasteiger partial charge in [-0.2, -0.15) is 5.26 Å². The maximum atomic E-state index is 12.8. The number of nitriles is 1. The van der Waals surface area contributed by atoms with E-state index in [1.54, 1.807) is 23.5 Å². The summed E-state index contributed by atoms with van der Waals surface area (Å²) in [7, 11) is 1.83. The first kappa shape index (κ1) is 23.3. The minimum absolute atomic E-state index is 0.00880. The van der Waals surface area contributed by atoms with E-state index in [0.29, 0.717) is 5.56 Å². The first-order valence-corrected chi connectivity index (χ1v) is 12.4. The minimum atomic E-state index is -0.530. The number of fused-ring (bicyclic) bond motifs is 2. The van der Waals surface area contributed by atoms with Crippen molar-refractivity contribution in [2.75, 3.05) is 29.9 Å². The highest BCUT2D eigenvalue weighted by Gasteiger charge is 2.52. The average molecular weight is 476 g/mol. The third-order valence-electron chi connectivity index (χ3n) is 7.68. The zero-order valence-corrected chi connectivity index (χ0v) is 21.2. The number of carbonyl (C=O) groups excluding carboxylic acids is 1. The van der Waals surface area contributed by atoms with E-state index in [1.807, 2.05) is 33.9 Å². The van der Waals surface area contributed by atoms with Crippen LogP contribution in [0.2, 0.25) is 0 Å². The molecule has 0 bridgehead atoms. The van der Waals surface area contributed by atoms with Crippen LogP contribution in [0.3, 0.4) is 0 Å². The Morgan fingerprint density at radius 2 is 2.00 bits per heavy atom. The van der Waals surface area contributed by atoms with Gasteiger partial charge in [-0.05, 0) is 59.1 Å². The molecular formula is C26H33N7O2. The molecule has 2 aromatic rings. The lowest BCUT2D eigenvalue weighted by atomic mass is 9.66. The van der Waals surface area contributed by atoms with Gasteiger partial charge in [-0.1, -0.05) is 6.42 Å². The third-order valence-corrected chi connectivity index (χ3v) is 7.68. The summed E-state index contributed by atoms with van der Waals surface area (Å²) in [5.74, 6) is 2.59. The van der Waals surface area contributed by atoms with Gasteiger partial charge >= 0.3 is 6.09 Å². The van der Waals surface area contributed by atoms with Gasteiger partial charge in [0.05, 0.1) is 17.7 Å². The lowest BCUT2D eigenvalue weighted by molar-refractivity contribution is 0.0218. The van der Waals surface area contributed by atoms with E-state index >= 15 is 0 Å². The summed E-state index contributed by atoms with van der Waals surface area (Å²) in [5.41, 5.74) is 1.23. The maximum absolute atomic E-state index is 12.8. The number of hydrogen-bond donors (Lipinski definition) is 0. The first-order valence-electron chi connectivity index (χ1n) is 12.4. The summed E-state index contributed by atoms with van der Waals surface area (Å²) in [6.45, 7) is 9.42. The lowest BCUT2D eigenvalue weighted by Gasteiger charge is -2.41. The van der Waals surface area contributed by atoms with Crippen LogP contribution in [0.5, 0.6) is 0 Å². The fourth-order valence-electron chi connectivity index (χ4n) is 5.77. The molecular weight excluding hydrogens is 442 g/mol. The molecule has 9 heteroatoms.